The van der Waals surface area contributed by atoms with Crippen molar-refractivity contribution in [2.45, 2.75) is 45.2 Å². The summed E-state index contributed by atoms with van der Waals surface area (Å²) in [6.45, 7) is 2.86. The molecule has 0 saturated heterocycles. The number of imidazole rings is 1. The van der Waals surface area contributed by atoms with Crippen LogP contribution in [0.15, 0.2) is 18.6 Å². The van der Waals surface area contributed by atoms with E-state index in [0.717, 1.165) is 18.2 Å². The monoisotopic (exact) mass is 259 g/mol. The Balaban J connectivity index is 1.76. The summed E-state index contributed by atoms with van der Waals surface area (Å²) in [7, 11) is 1.94. The molecule has 0 bridgehead atoms. The zero-order valence-electron chi connectivity index (χ0n) is 11.6. The molecule has 1 N–H and O–H groups in total. The molecule has 1 saturated carbocycles. The van der Waals surface area contributed by atoms with Gasteiger partial charge in [0.25, 0.3) is 0 Å². The van der Waals surface area contributed by atoms with Gasteiger partial charge in [0.2, 0.25) is 5.95 Å². The van der Waals surface area contributed by atoms with E-state index in [-0.39, 0.29) is 0 Å². The van der Waals surface area contributed by atoms with Crippen LogP contribution in [0.2, 0.25) is 0 Å². The molecule has 0 aliphatic heterocycles. The summed E-state index contributed by atoms with van der Waals surface area (Å²) < 4.78 is 4.02. The SMILES string of the molecule is Cc1cn(Cc2cnn(C)c2)c(NC2CCCC2)n1. The maximum absolute atomic E-state index is 4.60. The average molecular weight is 259 g/mol. The quantitative estimate of drug-likeness (QED) is 0.916. The number of aryl methyl sites for hydroxylation is 2. The van der Waals surface area contributed by atoms with Gasteiger partial charge in [-0.25, -0.2) is 4.98 Å². The van der Waals surface area contributed by atoms with Gasteiger partial charge in [-0.3, -0.25) is 4.68 Å². The summed E-state index contributed by atoms with van der Waals surface area (Å²) in [4.78, 5) is 4.60. The minimum absolute atomic E-state index is 0.592. The van der Waals surface area contributed by atoms with Crippen molar-refractivity contribution in [3.05, 3.63) is 29.8 Å². The van der Waals surface area contributed by atoms with E-state index in [1.54, 1.807) is 0 Å². The fourth-order valence-corrected chi connectivity index (χ4v) is 2.79. The van der Waals surface area contributed by atoms with Crippen molar-refractivity contribution in [2.75, 3.05) is 5.32 Å². The zero-order chi connectivity index (χ0) is 13.2. The van der Waals surface area contributed by atoms with E-state index in [0.29, 0.717) is 6.04 Å². The van der Waals surface area contributed by atoms with Crippen molar-refractivity contribution in [3.63, 3.8) is 0 Å². The van der Waals surface area contributed by atoms with Gasteiger partial charge in [0.15, 0.2) is 0 Å². The molecule has 0 radical (unpaired) electrons. The first-order valence-corrected chi connectivity index (χ1v) is 6.98. The highest BCUT2D eigenvalue weighted by atomic mass is 15.3. The molecular weight excluding hydrogens is 238 g/mol. The predicted octanol–water partition coefficient (Wildman–Crippen LogP) is 2.33. The second kappa shape index (κ2) is 5.07. The van der Waals surface area contributed by atoms with Crippen molar-refractivity contribution in [1.82, 2.24) is 19.3 Å². The molecule has 1 aliphatic rings. The zero-order valence-corrected chi connectivity index (χ0v) is 11.6. The van der Waals surface area contributed by atoms with E-state index in [4.69, 9.17) is 0 Å². The number of hydrogen-bond donors (Lipinski definition) is 1. The number of rotatable bonds is 4. The van der Waals surface area contributed by atoms with Gasteiger partial charge in [-0.05, 0) is 19.8 Å². The van der Waals surface area contributed by atoms with Crippen LogP contribution in [0.1, 0.15) is 36.9 Å². The molecule has 5 nitrogen and oxygen atoms in total. The third-order valence-corrected chi connectivity index (χ3v) is 3.70. The molecule has 0 spiro atoms. The van der Waals surface area contributed by atoms with Crippen LogP contribution in [0.4, 0.5) is 5.95 Å². The molecule has 102 valence electrons. The smallest absolute Gasteiger partial charge is 0.203 e. The van der Waals surface area contributed by atoms with Gasteiger partial charge in [-0.1, -0.05) is 12.8 Å². The molecule has 1 fully saturated rings. The van der Waals surface area contributed by atoms with E-state index >= 15 is 0 Å². The normalized spacial score (nSPS) is 16.1. The van der Waals surface area contributed by atoms with Crippen molar-refractivity contribution in [3.8, 4) is 0 Å². The van der Waals surface area contributed by atoms with Crippen LogP contribution in [-0.2, 0) is 13.6 Å². The van der Waals surface area contributed by atoms with Crippen LogP contribution in [0.25, 0.3) is 0 Å². The highest BCUT2D eigenvalue weighted by Gasteiger charge is 2.17. The molecule has 0 atom stereocenters. The molecule has 2 aromatic rings. The fraction of sp³-hybridized carbons (Fsp3) is 0.571. The average Bonchev–Trinajstić information content (AvgIpc) is 3.05. The van der Waals surface area contributed by atoms with Gasteiger partial charge in [0.05, 0.1) is 18.4 Å². The Morgan fingerprint density at radius 2 is 2.11 bits per heavy atom. The lowest BCUT2D eigenvalue weighted by molar-refractivity contribution is 0.715. The van der Waals surface area contributed by atoms with Crippen LogP contribution in [0.5, 0.6) is 0 Å². The van der Waals surface area contributed by atoms with Crippen molar-refractivity contribution < 1.29 is 0 Å². The molecule has 0 amide bonds. The number of anilines is 1. The first-order valence-electron chi connectivity index (χ1n) is 6.98. The molecule has 0 unspecified atom stereocenters. The molecule has 0 aromatic carbocycles. The highest BCUT2D eigenvalue weighted by molar-refractivity contribution is 5.31. The Bertz CT molecular complexity index is 548. The fourth-order valence-electron chi connectivity index (χ4n) is 2.79. The number of nitrogens with one attached hydrogen (secondary N) is 1. The Morgan fingerprint density at radius 1 is 1.32 bits per heavy atom. The van der Waals surface area contributed by atoms with Crippen LogP contribution >= 0.6 is 0 Å². The predicted molar refractivity (Wildman–Crippen MR) is 75.2 cm³/mol. The third-order valence-electron chi connectivity index (χ3n) is 3.70. The van der Waals surface area contributed by atoms with Gasteiger partial charge in [0, 0.05) is 31.0 Å². The summed E-state index contributed by atoms with van der Waals surface area (Å²) in [6.07, 6.45) is 11.3. The van der Waals surface area contributed by atoms with Crippen LogP contribution in [0, 0.1) is 6.92 Å². The Hall–Kier alpha value is -1.78. The van der Waals surface area contributed by atoms with E-state index in [1.165, 1.54) is 31.2 Å². The van der Waals surface area contributed by atoms with E-state index in [1.807, 2.05) is 24.9 Å². The molecule has 2 aromatic heterocycles. The molecule has 1 aliphatic carbocycles. The Labute approximate surface area is 113 Å². The molecular formula is C14H21N5. The minimum Gasteiger partial charge on any atom is -0.353 e. The van der Waals surface area contributed by atoms with Gasteiger partial charge >= 0.3 is 0 Å². The summed E-state index contributed by atoms with van der Waals surface area (Å²) in [5.41, 5.74) is 2.26. The standard InChI is InChI=1S/C14H21N5/c1-11-8-19(10-12-7-15-18(2)9-12)14(16-11)17-13-5-3-4-6-13/h7-9,13H,3-6,10H2,1-2H3,(H,16,17). The lowest BCUT2D eigenvalue weighted by Crippen LogP contribution is -2.18. The van der Waals surface area contributed by atoms with Crippen LogP contribution in [0.3, 0.4) is 0 Å². The van der Waals surface area contributed by atoms with Crippen LogP contribution < -0.4 is 5.32 Å². The van der Waals surface area contributed by atoms with E-state index < -0.39 is 0 Å². The van der Waals surface area contributed by atoms with Crippen molar-refractivity contribution in [1.29, 1.82) is 0 Å². The topological polar surface area (TPSA) is 47.7 Å². The minimum atomic E-state index is 0.592. The maximum Gasteiger partial charge on any atom is 0.203 e. The van der Waals surface area contributed by atoms with Gasteiger partial charge < -0.3 is 9.88 Å². The largest absolute Gasteiger partial charge is 0.353 e. The summed E-state index contributed by atoms with van der Waals surface area (Å²) >= 11 is 0. The lowest BCUT2D eigenvalue weighted by Gasteiger charge is -2.14. The first-order chi connectivity index (χ1) is 9.20. The molecule has 5 heteroatoms. The van der Waals surface area contributed by atoms with Crippen molar-refractivity contribution >= 4 is 5.95 Å². The van der Waals surface area contributed by atoms with Crippen molar-refractivity contribution in [2.24, 2.45) is 7.05 Å². The highest BCUT2D eigenvalue weighted by Crippen LogP contribution is 2.22. The van der Waals surface area contributed by atoms with E-state index in [2.05, 4.69) is 32.4 Å². The Morgan fingerprint density at radius 3 is 2.79 bits per heavy atom. The molecule has 2 heterocycles. The lowest BCUT2D eigenvalue weighted by atomic mass is 10.2. The maximum atomic E-state index is 4.60. The van der Waals surface area contributed by atoms with Gasteiger partial charge in [-0.2, -0.15) is 5.10 Å². The van der Waals surface area contributed by atoms with Gasteiger partial charge in [0.1, 0.15) is 0 Å². The third kappa shape index (κ3) is 2.80. The summed E-state index contributed by atoms with van der Waals surface area (Å²) in [5.74, 6) is 0.994. The second-order valence-corrected chi connectivity index (χ2v) is 5.48. The van der Waals surface area contributed by atoms with Crippen LogP contribution in [-0.4, -0.2) is 25.4 Å². The first kappa shape index (κ1) is 12.3. The van der Waals surface area contributed by atoms with Gasteiger partial charge in [-0.15, -0.1) is 0 Å². The van der Waals surface area contributed by atoms with E-state index in [9.17, 15) is 0 Å². The summed E-state index contributed by atoms with van der Waals surface area (Å²) in [5, 5.41) is 7.80. The number of aromatic nitrogens is 4. The second-order valence-electron chi connectivity index (χ2n) is 5.48. The molecule has 3 rings (SSSR count). The number of hydrogen-bond acceptors (Lipinski definition) is 3. The number of nitrogens with zero attached hydrogens (tertiary/aromatic N) is 4. The molecule has 19 heavy (non-hydrogen) atoms. The Kier molecular flexibility index (Phi) is 3.27. The summed E-state index contributed by atoms with van der Waals surface area (Å²) in [6, 6.07) is 0.592.